The van der Waals surface area contributed by atoms with Crippen molar-refractivity contribution in [2.75, 3.05) is 72.6 Å². The molecule has 1 saturated heterocycles. The lowest BCUT2D eigenvalue weighted by atomic mass is 9.99. The summed E-state index contributed by atoms with van der Waals surface area (Å²) in [4.78, 5) is 45.4. The summed E-state index contributed by atoms with van der Waals surface area (Å²) in [5, 5.41) is 9.28. The molecule has 0 radical (unpaired) electrons. The van der Waals surface area contributed by atoms with Crippen molar-refractivity contribution >= 4 is 45.9 Å². The molecule has 1 aromatic heterocycles. The molecule has 3 aromatic carbocycles. The second-order valence-corrected chi connectivity index (χ2v) is 11.9. The van der Waals surface area contributed by atoms with E-state index in [1.54, 1.807) is 13.2 Å². The van der Waals surface area contributed by atoms with Crippen molar-refractivity contribution in [3.8, 4) is 11.1 Å². The molecule has 4 aromatic rings. The van der Waals surface area contributed by atoms with Gasteiger partial charge in [-0.05, 0) is 85.3 Å². The van der Waals surface area contributed by atoms with E-state index < -0.39 is 0 Å². The predicted molar refractivity (Wildman–Crippen MR) is 193 cm³/mol. The highest BCUT2D eigenvalue weighted by atomic mass is 16.2. The normalized spacial score (nSPS) is 13.2. The van der Waals surface area contributed by atoms with Crippen LogP contribution >= 0.6 is 0 Å². The Bertz CT molecular complexity index is 1840. The monoisotopic (exact) mass is 633 g/mol. The summed E-state index contributed by atoms with van der Waals surface area (Å²) in [6, 6.07) is 20.7. The van der Waals surface area contributed by atoms with Crippen LogP contribution in [0.4, 0.5) is 34.1 Å². The second-order valence-electron chi connectivity index (χ2n) is 11.9. The quantitative estimate of drug-likeness (QED) is 0.193. The van der Waals surface area contributed by atoms with E-state index in [4.69, 9.17) is 0 Å². The van der Waals surface area contributed by atoms with Crippen molar-refractivity contribution in [3.05, 3.63) is 107 Å². The highest BCUT2D eigenvalue weighted by molar-refractivity contribution is 6.05. The highest BCUT2D eigenvalue weighted by Gasteiger charge is 2.20. The number of nitrogens with one attached hydrogen (secondary N) is 3. The molecule has 0 spiro atoms. The fourth-order valence-corrected chi connectivity index (χ4v) is 5.77. The number of rotatable bonds is 10. The van der Waals surface area contributed by atoms with Crippen LogP contribution in [0, 0.1) is 6.92 Å². The van der Waals surface area contributed by atoms with Crippen molar-refractivity contribution < 1.29 is 9.59 Å². The molecule has 5 rings (SSSR count). The van der Waals surface area contributed by atoms with Crippen LogP contribution < -0.4 is 31.3 Å². The topological polar surface area (TPSA) is 102 Å². The Labute approximate surface area is 276 Å². The molecule has 1 aliphatic rings. The Morgan fingerprint density at radius 3 is 2.30 bits per heavy atom. The van der Waals surface area contributed by atoms with Crippen LogP contribution in [0.5, 0.6) is 0 Å². The first-order valence-electron chi connectivity index (χ1n) is 15.8. The molecule has 0 aliphatic carbocycles. The molecule has 0 unspecified atom stereocenters. The van der Waals surface area contributed by atoms with Crippen molar-refractivity contribution in [2.24, 2.45) is 7.05 Å². The minimum absolute atomic E-state index is 0.200. The Kier molecular flexibility index (Phi) is 10.1. The lowest BCUT2D eigenvalue weighted by Crippen LogP contribution is -2.46. The number of anilines is 6. The van der Waals surface area contributed by atoms with Crippen LogP contribution in [-0.4, -0.2) is 68.1 Å². The number of benzene rings is 3. The van der Waals surface area contributed by atoms with Crippen molar-refractivity contribution in [1.82, 2.24) is 9.47 Å². The van der Waals surface area contributed by atoms with Gasteiger partial charge in [-0.3, -0.25) is 14.4 Å². The molecule has 3 N–H and O–H groups in total. The van der Waals surface area contributed by atoms with Gasteiger partial charge in [0.25, 0.3) is 11.5 Å². The number of hydrogen-bond acceptors (Lipinski definition) is 7. The molecular formula is C37H43N7O3. The summed E-state index contributed by atoms with van der Waals surface area (Å²) in [7, 11) is 5.62. The number of carbonyl (C=O) groups excluding carboxylic acids is 2. The first-order valence-corrected chi connectivity index (χ1v) is 15.8. The van der Waals surface area contributed by atoms with Gasteiger partial charge in [-0.2, -0.15) is 0 Å². The fourth-order valence-electron chi connectivity index (χ4n) is 5.77. The molecule has 2 amide bonds. The molecule has 0 bridgehead atoms. The molecule has 244 valence electrons. The molecular weight excluding hydrogens is 590 g/mol. The summed E-state index contributed by atoms with van der Waals surface area (Å²) in [6.07, 6.45) is 3.04. The summed E-state index contributed by atoms with van der Waals surface area (Å²) in [5.41, 5.74) is 7.23. The van der Waals surface area contributed by atoms with Gasteiger partial charge < -0.3 is 35.2 Å². The maximum atomic E-state index is 13.3. The van der Waals surface area contributed by atoms with Gasteiger partial charge in [0.1, 0.15) is 5.69 Å². The number of amides is 2. The van der Waals surface area contributed by atoms with Gasteiger partial charge in [0.05, 0.1) is 11.4 Å². The van der Waals surface area contributed by atoms with E-state index in [1.165, 1.54) is 10.6 Å². The number of likely N-dealkylation sites (N-methyl/N-ethyl adjacent to an activating group) is 1. The van der Waals surface area contributed by atoms with Gasteiger partial charge in [-0.25, -0.2) is 0 Å². The Morgan fingerprint density at radius 2 is 1.64 bits per heavy atom. The van der Waals surface area contributed by atoms with Crippen molar-refractivity contribution in [2.45, 2.75) is 13.8 Å². The van der Waals surface area contributed by atoms with Crippen LogP contribution in [0.3, 0.4) is 0 Å². The summed E-state index contributed by atoms with van der Waals surface area (Å²) < 4.78 is 1.54. The van der Waals surface area contributed by atoms with Crippen LogP contribution in [0.1, 0.15) is 22.8 Å². The fraction of sp³-hybridized carbons (Fsp3) is 0.270. The van der Waals surface area contributed by atoms with Gasteiger partial charge in [0.2, 0.25) is 5.91 Å². The molecule has 47 heavy (non-hydrogen) atoms. The minimum atomic E-state index is -0.304. The largest absolute Gasteiger partial charge is 0.378 e. The van der Waals surface area contributed by atoms with Gasteiger partial charge >= 0.3 is 0 Å². The number of piperazine rings is 1. The second kappa shape index (κ2) is 14.4. The van der Waals surface area contributed by atoms with Crippen LogP contribution in [0.15, 0.2) is 90.4 Å². The van der Waals surface area contributed by atoms with Gasteiger partial charge in [-0.15, -0.1) is 0 Å². The smallest absolute Gasteiger partial charge is 0.274 e. The van der Waals surface area contributed by atoms with E-state index in [1.807, 2.05) is 92.6 Å². The first-order chi connectivity index (χ1) is 22.6. The molecule has 0 atom stereocenters. The van der Waals surface area contributed by atoms with E-state index in [9.17, 15) is 14.4 Å². The third-order valence-corrected chi connectivity index (χ3v) is 8.60. The SMILES string of the molecule is C=CC(=O)Nc1cc(Nc2cc(-c3cccc(NC(=O)c4ccc(N(C)C)cc4)c3C)cn(C)c2=O)ccc1N1CCN(CC)CC1. The Balaban J connectivity index is 1.42. The van der Waals surface area contributed by atoms with E-state index in [2.05, 4.69) is 39.3 Å². The van der Waals surface area contributed by atoms with E-state index >= 15 is 0 Å². The maximum absolute atomic E-state index is 13.3. The standard InChI is InChI=1S/C37H43N7O3/c1-7-35(45)39-32-23-28(14-17-34(32)44-20-18-43(8-2)19-21-44)38-33-22-27(24-42(6)37(33)47)30-10-9-11-31(25(30)3)40-36(46)26-12-15-29(16-13-26)41(4)5/h7,9-17,22-24,38H,1,8,18-21H2,2-6H3,(H,39,45)(H,40,46). The van der Waals surface area contributed by atoms with Crippen LogP contribution in [0.2, 0.25) is 0 Å². The third-order valence-electron chi connectivity index (χ3n) is 8.60. The lowest BCUT2D eigenvalue weighted by Gasteiger charge is -2.36. The molecule has 0 saturated carbocycles. The van der Waals surface area contributed by atoms with Crippen molar-refractivity contribution in [1.29, 1.82) is 0 Å². The minimum Gasteiger partial charge on any atom is -0.378 e. The van der Waals surface area contributed by atoms with Gasteiger partial charge in [-0.1, -0.05) is 25.6 Å². The van der Waals surface area contributed by atoms with Gasteiger partial charge in [0.15, 0.2) is 0 Å². The Hall–Kier alpha value is -5.35. The molecule has 1 aliphatic heterocycles. The molecule has 10 heteroatoms. The average molecular weight is 634 g/mol. The van der Waals surface area contributed by atoms with E-state index in [0.717, 1.165) is 60.8 Å². The van der Waals surface area contributed by atoms with Crippen LogP contribution in [-0.2, 0) is 11.8 Å². The Morgan fingerprint density at radius 1 is 0.915 bits per heavy atom. The summed E-state index contributed by atoms with van der Waals surface area (Å²) in [6.45, 7) is 12.3. The molecule has 10 nitrogen and oxygen atoms in total. The zero-order valence-electron chi connectivity index (χ0n) is 27.8. The molecule has 1 fully saturated rings. The predicted octanol–water partition coefficient (Wildman–Crippen LogP) is 5.69. The zero-order valence-corrected chi connectivity index (χ0v) is 27.8. The maximum Gasteiger partial charge on any atom is 0.274 e. The number of pyridine rings is 1. The van der Waals surface area contributed by atoms with E-state index in [-0.39, 0.29) is 17.4 Å². The molecule has 2 heterocycles. The average Bonchev–Trinajstić information content (AvgIpc) is 3.07. The number of aromatic nitrogens is 1. The lowest BCUT2D eigenvalue weighted by molar-refractivity contribution is -0.111. The summed E-state index contributed by atoms with van der Waals surface area (Å²) in [5.74, 6) is -0.505. The zero-order chi connectivity index (χ0) is 33.7. The number of nitrogens with zero attached hydrogens (tertiary/aromatic N) is 4. The van der Waals surface area contributed by atoms with E-state index in [0.29, 0.717) is 28.3 Å². The number of carbonyl (C=O) groups is 2. The number of aryl methyl sites for hydroxylation is 1. The first kappa shape index (κ1) is 33.0. The highest BCUT2D eigenvalue weighted by Crippen LogP contribution is 2.33. The van der Waals surface area contributed by atoms with Gasteiger partial charge in [0, 0.05) is 81.7 Å². The van der Waals surface area contributed by atoms with Crippen LogP contribution in [0.25, 0.3) is 11.1 Å². The number of hydrogen-bond donors (Lipinski definition) is 3. The summed E-state index contributed by atoms with van der Waals surface area (Å²) >= 11 is 0. The van der Waals surface area contributed by atoms with Crippen molar-refractivity contribution in [3.63, 3.8) is 0 Å². The third kappa shape index (κ3) is 7.56.